The van der Waals surface area contributed by atoms with Crippen LogP contribution in [0.3, 0.4) is 0 Å². The van der Waals surface area contributed by atoms with Crippen molar-refractivity contribution in [1.82, 2.24) is 0 Å². The zero-order valence-corrected chi connectivity index (χ0v) is 8.70. The van der Waals surface area contributed by atoms with Gasteiger partial charge in [0.1, 0.15) is 6.04 Å². The molecule has 0 aromatic heterocycles. The zero-order valence-electron chi connectivity index (χ0n) is 8.94. The molecule has 4 heteroatoms. The highest BCUT2D eigenvalue weighted by atomic mass is 35.5. The van der Waals surface area contributed by atoms with E-state index in [4.69, 9.17) is 5.73 Å². The first-order valence-electron chi connectivity index (χ1n) is 4.11. The van der Waals surface area contributed by atoms with Gasteiger partial charge in [-0.2, -0.15) is 0 Å². The van der Waals surface area contributed by atoms with E-state index in [9.17, 15) is 4.79 Å². The molecule has 1 atom stereocenters. The molecule has 1 rings (SSSR count). The minimum atomic E-state index is -0.563. The van der Waals surface area contributed by atoms with Crippen LogP contribution in [-0.4, -0.2) is 19.1 Å². The van der Waals surface area contributed by atoms with E-state index in [2.05, 4.69) is 4.74 Å². The fraction of sp³-hybridized carbons (Fsp3) is 0.300. The maximum Gasteiger partial charge on any atom is 1.00 e. The Morgan fingerprint density at radius 2 is 2.07 bits per heavy atom. The highest BCUT2D eigenvalue weighted by molar-refractivity contribution is 5.75. The number of carbonyl (C=O) groups excluding carboxylic acids is 1. The van der Waals surface area contributed by atoms with E-state index in [-0.39, 0.29) is 19.8 Å². The summed E-state index contributed by atoms with van der Waals surface area (Å²) in [4.78, 5) is 11.0. The summed E-state index contributed by atoms with van der Waals surface area (Å²) in [6.45, 7) is 0. The van der Waals surface area contributed by atoms with Crippen LogP contribution < -0.4 is 18.1 Å². The van der Waals surface area contributed by atoms with Crippen molar-refractivity contribution in [1.29, 1.82) is 0 Å². The van der Waals surface area contributed by atoms with Crippen LogP contribution in [0.1, 0.15) is 6.99 Å². The highest BCUT2D eigenvalue weighted by Gasteiger charge is 2.13. The minimum Gasteiger partial charge on any atom is -1.00 e. The molecule has 2 N–H and O–H groups in total. The van der Waals surface area contributed by atoms with E-state index in [1.54, 1.807) is 0 Å². The molecule has 0 bridgehead atoms. The third-order valence-electron chi connectivity index (χ3n) is 1.80. The molecular weight excluding hydrogens is 202 g/mol. The number of benzene rings is 1. The minimum absolute atomic E-state index is 0. The van der Waals surface area contributed by atoms with Crippen molar-refractivity contribution in [3.05, 3.63) is 35.9 Å². The second kappa shape index (κ2) is 6.40. The van der Waals surface area contributed by atoms with Crippen LogP contribution >= 0.6 is 0 Å². The summed E-state index contributed by atoms with van der Waals surface area (Å²) in [6.07, 6.45) is 0.521. The summed E-state index contributed by atoms with van der Waals surface area (Å²) >= 11 is 0. The normalized spacial score (nSPS) is 11.3. The molecule has 14 heavy (non-hydrogen) atoms. The standard InChI is InChI=1S/C10H13NO2.ClH/c1-13-10(12)9(11)7-8-5-3-2-4-6-8;/h2-6,9H,7,11H2,1H3;1H/t9-;/m0./s1. The first kappa shape index (κ1) is 12.9. The SMILES string of the molecule is COC(=O)[C@@H](N)Cc1ccccc1.[Cl-].[H+]. The summed E-state index contributed by atoms with van der Waals surface area (Å²) in [5.41, 5.74) is 6.63. The number of hydrogen-bond acceptors (Lipinski definition) is 3. The monoisotopic (exact) mass is 215 g/mol. The van der Waals surface area contributed by atoms with Crippen LogP contribution in [0, 0.1) is 0 Å². The molecule has 0 spiro atoms. The first-order valence-corrected chi connectivity index (χ1v) is 4.11. The lowest BCUT2D eigenvalue weighted by Crippen LogP contribution is -3.00. The van der Waals surface area contributed by atoms with Gasteiger partial charge < -0.3 is 22.9 Å². The average molecular weight is 216 g/mol. The molecule has 0 saturated carbocycles. The number of methoxy groups -OCH3 is 1. The number of nitrogens with two attached hydrogens (primary N) is 1. The lowest BCUT2D eigenvalue weighted by molar-refractivity contribution is -0.142. The van der Waals surface area contributed by atoms with Crippen molar-refractivity contribution in [2.24, 2.45) is 5.73 Å². The van der Waals surface area contributed by atoms with Gasteiger partial charge in [-0.25, -0.2) is 0 Å². The Morgan fingerprint density at radius 3 is 2.57 bits per heavy atom. The molecule has 0 unspecified atom stereocenters. The Bertz CT molecular complexity index is 282. The fourth-order valence-corrected chi connectivity index (χ4v) is 1.10. The Morgan fingerprint density at radius 1 is 1.50 bits per heavy atom. The molecular formula is C10H14ClNO2. The van der Waals surface area contributed by atoms with Crippen molar-refractivity contribution in [3.63, 3.8) is 0 Å². The third-order valence-corrected chi connectivity index (χ3v) is 1.80. The summed E-state index contributed by atoms with van der Waals surface area (Å²) in [5, 5.41) is 0. The number of rotatable bonds is 3. The molecule has 0 radical (unpaired) electrons. The number of ether oxygens (including phenoxy) is 1. The maximum absolute atomic E-state index is 11.0. The molecule has 1 aromatic rings. The lowest BCUT2D eigenvalue weighted by atomic mass is 10.1. The number of hydrogen-bond donors (Lipinski definition) is 1. The Balaban J connectivity index is 0. The van der Waals surface area contributed by atoms with Crippen LogP contribution in [0.15, 0.2) is 30.3 Å². The van der Waals surface area contributed by atoms with Crippen molar-refractivity contribution in [3.8, 4) is 0 Å². The van der Waals surface area contributed by atoms with Crippen LogP contribution in [0.5, 0.6) is 0 Å². The van der Waals surface area contributed by atoms with E-state index >= 15 is 0 Å². The molecule has 0 heterocycles. The Labute approximate surface area is 91.1 Å². The lowest BCUT2D eigenvalue weighted by Gasteiger charge is -2.08. The second-order valence-corrected chi connectivity index (χ2v) is 2.82. The van der Waals surface area contributed by atoms with Crippen LogP contribution in [0.2, 0.25) is 0 Å². The van der Waals surface area contributed by atoms with E-state index in [1.165, 1.54) is 7.11 Å². The fourth-order valence-electron chi connectivity index (χ4n) is 1.10. The molecule has 0 fully saturated rings. The topological polar surface area (TPSA) is 52.3 Å². The Kier molecular flexibility index (Phi) is 5.92. The van der Waals surface area contributed by atoms with Crippen molar-refractivity contribution >= 4 is 5.97 Å². The van der Waals surface area contributed by atoms with Gasteiger partial charge in [0.2, 0.25) is 0 Å². The van der Waals surface area contributed by atoms with Gasteiger partial charge in [0.25, 0.3) is 0 Å². The van der Waals surface area contributed by atoms with Crippen LogP contribution in [-0.2, 0) is 16.0 Å². The summed E-state index contributed by atoms with van der Waals surface area (Å²) in [6, 6.07) is 9.06. The Hall–Kier alpha value is -1.06. The molecule has 1 aromatic carbocycles. The van der Waals surface area contributed by atoms with Gasteiger partial charge in [0.15, 0.2) is 0 Å². The quantitative estimate of drug-likeness (QED) is 0.585. The van der Waals surface area contributed by atoms with Crippen LogP contribution in [0.25, 0.3) is 0 Å². The predicted molar refractivity (Wildman–Crippen MR) is 51.2 cm³/mol. The van der Waals surface area contributed by atoms with Crippen molar-refractivity contribution in [2.45, 2.75) is 12.5 Å². The number of esters is 1. The van der Waals surface area contributed by atoms with E-state index < -0.39 is 6.04 Å². The summed E-state index contributed by atoms with van der Waals surface area (Å²) in [7, 11) is 1.34. The summed E-state index contributed by atoms with van der Waals surface area (Å²) < 4.78 is 4.52. The van der Waals surface area contributed by atoms with Gasteiger partial charge in [-0.3, -0.25) is 4.79 Å². The number of carbonyl (C=O) groups is 1. The average Bonchev–Trinajstić information content (AvgIpc) is 2.18. The molecule has 0 aliphatic heterocycles. The molecule has 0 saturated heterocycles. The van der Waals surface area contributed by atoms with Gasteiger partial charge >= 0.3 is 7.40 Å². The smallest absolute Gasteiger partial charge is 1.00 e. The van der Waals surface area contributed by atoms with Crippen molar-refractivity contribution in [2.75, 3.05) is 7.11 Å². The van der Waals surface area contributed by atoms with E-state index in [1.807, 2.05) is 30.3 Å². The maximum atomic E-state index is 11.0. The molecule has 0 aliphatic rings. The highest BCUT2D eigenvalue weighted by Crippen LogP contribution is 2.02. The second-order valence-electron chi connectivity index (χ2n) is 2.82. The number of halogens is 1. The predicted octanol–water partition coefficient (Wildman–Crippen LogP) is -2.15. The first-order chi connectivity index (χ1) is 6.24. The molecule has 3 nitrogen and oxygen atoms in total. The van der Waals surface area contributed by atoms with E-state index in [0.717, 1.165) is 5.56 Å². The van der Waals surface area contributed by atoms with Gasteiger partial charge in [-0.05, 0) is 12.0 Å². The van der Waals surface area contributed by atoms with Gasteiger partial charge in [-0.1, -0.05) is 30.3 Å². The molecule has 0 amide bonds. The molecule has 0 aliphatic carbocycles. The van der Waals surface area contributed by atoms with Crippen molar-refractivity contribution < 1.29 is 23.4 Å². The summed E-state index contributed by atoms with van der Waals surface area (Å²) in [5.74, 6) is -0.371. The van der Waals surface area contributed by atoms with E-state index in [0.29, 0.717) is 6.42 Å². The van der Waals surface area contributed by atoms with Gasteiger partial charge in [-0.15, -0.1) is 0 Å². The van der Waals surface area contributed by atoms with Gasteiger partial charge in [0, 0.05) is 0 Å². The zero-order chi connectivity index (χ0) is 9.68. The third kappa shape index (κ3) is 3.77. The van der Waals surface area contributed by atoms with Gasteiger partial charge in [0.05, 0.1) is 7.11 Å². The largest absolute Gasteiger partial charge is 1.00 e. The molecule has 78 valence electrons. The van der Waals surface area contributed by atoms with Crippen LogP contribution in [0.4, 0.5) is 0 Å².